The van der Waals surface area contributed by atoms with Crippen LogP contribution in [0.15, 0.2) is 18.2 Å². The molecule has 0 aliphatic heterocycles. The number of nitrogens with one attached hydrogen (secondary N) is 1. The highest BCUT2D eigenvalue weighted by Gasteiger charge is 2.13. The Kier molecular flexibility index (Phi) is 4.94. The maximum absolute atomic E-state index is 13.1. The van der Waals surface area contributed by atoms with Gasteiger partial charge in [0.2, 0.25) is 0 Å². The third kappa shape index (κ3) is 3.60. The Morgan fingerprint density at radius 2 is 2.00 bits per heavy atom. The van der Waals surface area contributed by atoms with Gasteiger partial charge in [-0.2, -0.15) is 0 Å². The van der Waals surface area contributed by atoms with E-state index in [4.69, 9.17) is 0 Å². The fourth-order valence-electron chi connectivity index (χ4n) is 1.91. The molecule has 0 aliphatic carbocycles. The normalized spacial score (nSPS) is 14.8. The van der Waals surface area contributed by atoms with Crippen LogP contribution in [0.4, 0.5) is 4.39 Å². The van der Waals surface area contributed by atoms with Crippen LogP contribution in [0.25, 0.3) is 0 Å². The molecule has 2 unspecified atom stereocenters. The van der Waals surface area contributed by atoms with Crippen LogP contribution >= 0.6 is 0 Å². The first-order valence-electron chi connectivity index (χ1n) is 6.03. The van der Waals surface area contributed by atoms with E-state index in [2.05, 4.69) is 26.1 Å². The lowest BCUT2D eigenvalue weighted by atomic mass is 9.92. The lowest BCUT2D eigenvalue weighted by Gasteiger charge is -2.21. The summed E-state index contributed by atoms with van der Waals surface area (Å²) in [6, 6.07) is 5.50. The van der Waals surface area contributed by atoms with E-state index in [0.29, 0.717) is 12.0 Å². The van der Waals surface area contributed by atoms with Gasteiger partial charge in [-0.25, -0.2) is 4.39 Å². The second kappa shape index (κ2) is 6.00. The van der Waals surface area contributed by atoms with Crippen LogP contribution in [-0.2, 0) is 6.42 Å². The van der Waals surface area contributed by atoms with Gasteiger partial charge in [-0.3, -0.25) is 0 Å². The molecule has 0 aromatic heterocycles. The maximum Gasteiger partial charge on any atom is 0.123 e. The van der Waals surface area contributed by atoms with Crippen LogP contribution in [0.5, 0.6) is 0 Å². The first-order chi connectivity index (χ1) is 7.54. The maximum atomic E-state index is 13.1. The highest BCUT2D eigenvalue weighted by molar-refractivity contribution is 5.27. The summed E-state index contributed by atoms with van der Waals surface area (Å²) >= 11 is 0. The second-order valence-corrected chi connectivity index (χ2v) is 4.60. The smallest absolute Gasteiger partial charge is 0.123 e. The molecule has 0 spiro atoms. The number of benzene rings is 1. The number of halogens is 1. The fraction of sp³-hybridized carbons (Fsp3) is 0.571. The molecule has 1 N–H and O–H groups in total. The van der Waals surface area contributed by atoms with E-state index in [1.807, 2.05) is 13.0 Å². The molecule has 0 saturated heterocycles. The van der Waals surface area contributed by atoms with E-state index in [1.165, 1.54) is 11.6 Å². The van der Waals surface area contributed by atoms with Crippen molar-refractivity contribution in [1.29, 1.82) is 0 Å². The van der Waals surface area contributed by atoms with Crippen molar-refractivity contribution in [3.8, 4) is 0 Å². The summed E-state index contributed by atoms with van der Waals surface area (Å²) in [5.41, 5.74) is 2.30. The average molecular weight is 223 g/mol. The standard InChI is InChI=1S/C14H22FN/c1-5-16-12(4)11(3)8-13-9-14(15)7-6-10(13)2/h6-7,9,11-12,16H,5,8H2,1-4H3. The fourth-order valence-corrected chi connectivity index (χ4v) is 1.91. The minimum absolute atomic E-state index is 0.135. The Bertz CT molecular complexity index is 336. The molecule has 16 heavy (non-hydrogen) atoms. The Balaban J connectivity index is 2.68. The molecule has 90 valence electrons. The largest absolute Gasteiger partial charge is 0.314 e. The summed E-state index contributed by atoms with van der Waals surface area (Å²) in [4.78, 5) is 0. The van der Waals surface area contributed by atoms with Gasteiger partial charge in [0.25, 0.3) is 0 Å². The summed E-state index contributed by atoms with van der Waals surface area (Å²) < 4.78 is 13.1. The monoisotopic (exact) mass is 223 g/mol. The Morgan fingerprint density at radius 1 is 1.31 bits per heavy atom. The highest BCUT2D eigenvalue weighted by Crippen LogP contribution is 2.17. The van der Waals surface area contributed by atoms with Crippen molar-refractivity contribution in [1.82, 2.24) is 5.32 Å². The zero-order chi connectivity index (χ0) is 12.1. The molecular weight excluding hydrogens is 201 g/mol. The molecule has 1 nitrogen and oxygen atoms in total. The molecule has 0 heterocycles. The number of rotatable bonds is 5. The first-order valence-corrected chi connectivity index (χ1v) is 6.03. The van der Waals surface area contributed by atoms with Gasteiger partial charge in [0.15, 0.2) is 0 Å². The molecule has 0 fully saturated rings. The third-order valence-corrected chi connectivity index (χ3v) is 3.23. The predicted molar refractivity (Wildman–Crippen MR) is 67.1 cm³/mol. The van der Waals surface area contributed by atoms with Crippen LogP contribution in [0, 0.1) is 18.7 Å². The highest BCUT2D eigenvalue weighted by atomic mass is 19.1. The van der Waals surface area contributed by atoms with Crippen LogP contribution in [0.3, 0.4) is 0 Å². The Hall–Kier alpha value is -0.890. The molecule has 1 rings (SSSR count). The van der Waals surface area contributed by atoms with Gasteiger partial charge in [-0.15, -0.1) is 0 Å². The van der Waals surface area contributed by atoms with Crippen molar-refractivity contribution in [3.63, 3.8) is 0 Å². The summed E-state index contributed by atoms with van der Waals surface area (Å²) in [6.07, 6.45) is 0.928. The van der Waals surface area contributed by atoms with E-state index in [9.17, 15) is 4.39 Å². The molecular formula is C14H22FN. The van der Waals surface area contributed by atoms with E-state index in [1.54, 1.807) is 6.07 Å². The van der Waals surface area contributed by atoms with Crippen molar-refractivity contribution >= 4 is 0 Å². The third-order valence-electron chi connectivity index (χ3n) is 3.23. The van der Waals surface area contributed by atoms with Crippen LogP contribution in [0.2, 0.25) is 0 Å². The Labute approximate surface area is 98.1 Å². The summed E-state index contributed by atoms with van der Waals surface area (Å²) in [6.45, 7) is 9.52. The average Bonchev–Trinajstić information content (AvgIpc) is 2.23. The molecule has 0 bridgehead atoms. The van der Waals surface area contributed by atoms with E-state index in [0.717, 1.165) is 18.5 Å². The molecule has 2 heteroatoms. The minimum Gasteiger partial charge on any atom is -0.314 e. The van der Waals surface area contributed by atoms with E-state index >= 15 is 0 Å². The Morgan fingerprint density at radius 3 is 2.62 bits per heavy atom. The molecule has 0 aliphatic rings. The van der Waals surface area contributed by atoms with Gasteiger partial charge in [0.1, 0.15) is 5.82 Å². The van der Waals surface area contributed by atoms with Gasteiger partial charge in [0, 0.05) is 6.04 Å². The molecule has 0 radical (unpaired) electrons. The number of hydrogen-bond acceptors (Lipinski definition) is 1. The van der Waals surface area contributed by atoms with Gasteiger partial charge < -0.3 is 5.32 Å². The van der Waals surface area contributed by atoms with Crippen molar-refractivity contribution in [2.45, 2.75) is 40.2 Å². The molecule has 1 aromatic rings. The summed E-state index contributed by atoms with van der Waals surface area (Å²) in [7, 11) is 0. The van der Waals surface area contributed by atoms with Crippen molar-refractivity contribution in [3.05, 3.63) is 35.1 Å². The summed E-state index contributed by atoms with van der Waals surface area (Å²) in [5.74, 6) is 0.379. The van der Waals surface area contributed by atoms with Gasteiger partial charge in [-0.1, -0.05) is 19.9 Å². The van der Waals surface area contributed by atoms with Crippen LogP contribution in [-0.4, -0.2) is 12.6 Å². The second-order valence-electron chi connectivity index (χ2n) is 4.60. The zero-order valence-electron chi connectivity index (χ0n) is 10.7. The van der Waals surface area contributed by atoms with Crippen molar-refractivity contribution < 1.29 is 4.39 Å². The first kappa shape index (κ1) is 13.2. The molecule has 2 atom stereocenters. The molecule has 1 aromatic carbocycles. The predicted octanol–water partition coefficient (Wildman–Crippen LogP) is 3.31. The van der Waals surface area contributed by atoms with Crippen molar-refractivity contribution in [2.75, 3.05) is 6.54 Å². The van der Waals surface area contributed by atoms with E-state index < -0.39 is 0 Å². The quantitative estimate of drug-likeness (QED) is 0.807. The lowest BCUT2D eigenvalue weighted by molar-refractivity contribution is 0.405. The molecule has 0 saturated carbocycles. The summed E-state index contributed by atoms with van der Waals surface area (Å²) in [5, 5.41) is 3.41. The zero-order valence-corrected chi connectivity index (χ0v) is 10.7. The molecule has 0 amide bonds. The topological polar surface area (TPSA) is 12.0 Å². The number of hydrogen-bond donors (Lipinski definition) is 1. The van der Waals surface area contributed by atoms with Crippen molar-refractivity contribution in [2.24, 2.45) is 5.92 Å². The lowest BCUT2D eigenvalue weighted by Crippen LogP contribution is -2.33. The van der Waals surface area contributed by atoms with Gasteiger partial charge in [-0.05, 0) is 56.0 Å². The minimum atomic E-state index is -0.135. The SMILES string of the molecule is CCNC(C)C(C)Cc1cc(F)ccc1C. The van der Waals surface area contributed by atoms with Gasteiger partial charge in [0.05, 0.1) is 0 Å². The van der Waals surface area contributed by atoms with E-state index in [-0.39, 0.29) is 5.82 Å². The van der Waals surface area contributed by atoms with Crippen LogP contribution < -0.4 is 5.32 Å². The van der Waals surface area contributed by atoms with Gasteiger partial charge >= 0.3 is 0 Å². The van der Waals surface area contributed by atoms with Crippen LogP contribution in [0.1, 0.15) is 31.9 Å². The number of aryl methyl sites for hydroxylation is 1.